The SMILES string of the molecule is COc1cccc2nc(C3CCSCC3)cn12. The number of aromatic nitrogens is 2. The van der Waals surface area contributed by atoms with E-state index in [4.69, 9.17) is 9.72 Å². The summed E-state index contributed by atoms with van der Waals surface area (Å²) in [5, 5.41) is 0. The van der Waals surface area contributed by atoms with Crippen molar-refractivity contribution in [3.05, 3.63) is 30.1 Å². The fourth-order valence-corrected chi connectivity index (χ4v) is 3.47. The molecule has 1 saturated heterocycles. The Morgan fingerprint density at radius 1 is 1.35 bits per heavy atom. The average Bonchev–Trinajstić information content (AvgIpc) is 2.83. The lowest BCUT2D eigenvalue weighted by Crippen LogP contribution is -2.07. The van der Waals surface area contributed by atoms with Gasteiger partial charge in [0.05, 0.1) is 12.8 Å². The highest BCUT2D eigenvalue weighted by Crippen LogP contribution is 2.31. The van der Waals surface area contributed by atoms with Gasteiger partial charge in [-0.2, -0.15) is 11.8 Å². The van der Waals surface area contributed by atoms with E-state index in [2.05, 4.69) is 6.20 Å². The second-order valence-electron chi connectivity index (χ2n) is 4.35. The molecule has 0 saturated carbocycles. The van der Waals surface area contributed by atoms with Crippen LogP contribution in [0.4, 0.5) is 0 Å². The van der Waals surface area contributed by atoms with E-state index >= 15 is 0 Å². The number of hydrogen-bond acceptors (Lipinski definition) is 3. The van der Waals surface area contributed by atoms with E-state index in [1.807, 2.05) is 34.4 Å². The van der Waals surface area contributed by atoms with E-state index in [0.29, 0.717) is 5.92 Å². The van der Waals surface area contributed by atoms with Gasteiger partial charge in [0.1, 0.15) is 5.65 Å². The highest BCUT2D eigenvalue weighted by atomic mass is 32.2. The maximum Gasteiger partial charge on any atom is 0.198 e. The summed E-state index contributed by atoms with van der Waals surface area (Å²) in [6.07, 6.45) is 4.63. The van der Waals surface area contributed by atoms with E-state index in [1.165, 1.54) is 30.0 Å². The van der Waals surface area contributed by atoms with Crippen molar-refractivity contribution in [2.24, 2.45) is 0 Å². The van der Waals surface area contributed by atoms with Crippen molar-refractivity contribution in [2.75, 3.05) is 18.6 Å². The smallest absolute Gasteiger partial charge is 0.198 e. The zero-order chi connectivity index (χ0) is 11.7. The van der Waals surface area contributed by atoms with Crippen molar-refractivity contribution in [1.29, 1.82) is 0 Å². The molecule has 0 N–H and O–H groups in total. The molecule has 0 bridgehead atoms. The van der Waals surface area contributed by atoms with Gasteiger partial charge in [0.15, 0.2) is 5.88 Å². The topological polar surface area (TPSA) is 26.5 Å². The molecule has 2 aromatic rings. The Balaban J connectivity index is 2.00. The van der Waals surface area contributed by atoms with E-state index in [-0.39, 0.29) is 0 Å². The van der Waals surface area contributed by atoms with Gasteiger partial charge in [0.25, 0.3) is 0 Å². The van der Waals surface area contributed by atoms with Crippen LogP contribution in [0.3, 0.4) is 0 Å². The number of ether oxygens (including phenoxy) is 1. The maximum atomic E-state index is 5.35. The molecule has 1 aliphatic rings. The van der Waals surface area contributed by atoms with Crippen molar-refractivity contribution in [3.8, 4) is 5.88 Å². The lowest BCUT2D eigenvalue weighted by Gasteiger charge is -2.18. The zero-order valence-corrected chi connectivity index (χ0v) is 10.7. The minimum absolute atomic E-state index is 0.626. The van der Waals surface area contributed by atoms with E-state index in [1.54, 1.807) is 7.11 Å². The minimum Gasteiger partial charge on any atom is -0.482 e. The van der Waals surface area contributed by atoms with Gasteiger partial charge in [0, 0.05) is 12.1 Å². The number of rotatable bonds is 2. The van der Waals surface area contributed by atoms with Crippen molar-refractivity contribution in [1.82, 2.24) is 9.38 Å². The van der Waals surface area contributed by atoms with Crippen LogP contribution in [0.1, 0.15) is 24.5 Å². The molecule has 3 rings (SSSR count). The Labute approximate surface area is 105 Å². The lowest BCUT2D eigenvalue weighted by atomic mass is 10.00. The van der Waals surface area contributed by atoms with Crippen molar-refractivity contribution in [2.45, 2.75) is 18.8 Å². The second-order valence-corrected chi connectivity index (χ2v) is 5.57. The third-order valence-electron chi connectivity index (χ3n) is 3.32. The van der Waals surface area contributed by atoms with E-state index in [9.17, 15) is 0 Å². The fourth-order valence-electron chi connectivity index (χ4n) is 2.36. The molecule has 4 heteroatoms. The molecule has 1 aliphatic heterocycles. The molecular weight excluding hydrogens is 232 g/mol. The second kappa shape index (κ2) is 4.61. The summed E-state index contributed by atoms with van der Waals surface area (Å²) in [7, 11) is 1.70. The molecule has 0 amide bonds. The molecule has 17 heavy (non-hydrogen) atoms. The zero-order valence-electron chi connectivity index (χ0n) is 9.93. The maximum absolute atomic E-state index is 5.35. The van der Waals surface area contributed by atoms with Gasteiger partial charge in [-0.25, -0.2) is 4.98 Å². The van der Waals surface area contributed by atoms with Gasteiger partial charge in [-0.05, 0) is 36.5 Å². The highest BCUT2D eigenvalue weighted by molar-refractivity contribution is 7.99. The van der Waals surface area contributed by atoms with Crippen LogP contribution in [-0.4, -0.2) is 28.0 Å². The molecule has 0 unspecified atom stereocenters. The third kappa shape index (κ3) is 2.02. The molecule has 1 fully saturated rings. The van der Waals surface area contributed by atoms with Crippen molar-refractivity contribution < 1.29 is 4.74 Å². The van der Waals surface area contributed by atoms with Crippen LogP contribution >= 0.6 is 11.8 Å². The molecule has 2 aromatic heterocycles. The highest BCUT2D eigenvalue weighted by Gasteiger charge is 2.19. The molecule has 0 atom stereocenters. The summed E-state index contributed by atoms with van der Waals surface area (Å²) in [6.45, 7) is 0. The number of imidazole rings is 1. The average molecular weight is 248 g/mol. The van der Waals surface area contributed by atoms with Crippen LogP contribution in [-0.2, 0) is 0 Å². The first-order valence-electron chi connectivity index (χ1n) is 5.98. The first kappa shape index (κ1) is 11.0. The monoisotopic (exact) mass is 248 g/mol. The van der Waals surface area contributed by atoms with Crippen LogP contribution < -0.4 is 4.74 Å². The van der Waals surface area contributed by atoms with Crippen LogP contribution in [0, 0.1) is 0 Å². The Morgan fingerprint density at radius 2 is 2.18 bits per heavy atom. The fraction of sp³-hybridized carbons (Fsp3) is 0.462. The van der Waals surface area contributed by atoms with Crippen LogP contribution in [0.2, 0.25) is 0 Å². The number of nitrogens with zero attached hydrogens (tertiary/aromatic N) is 2. The Morgan fingerprint density at radius 3 is 2.94 bits per heavy atom. The van der Waals surface area contributed by atoms with Gasteiger partial charge < -0.3 is 4.74 Å². The predicted octanol–water partition coefficient (Wildman–Crippen LogP) is 2.95. The molecule has 0 aromatic carbocycles. The number of methoxy groups -OCH3 is 1. The van der Waals surface area contributed by atoms with Gasteiger partial charge >= 0.3 is 0 Å². The predicted molar refractivity (Wildman–Crippen MR) is 71.0 cm³/mol. The lowest BCUT2D eigenvalue weighted by molar-refractivity contribution is 0.392. The summed E-state index contributed by atoms with van der Waals surface area (Å²) in [5.74, 6) is 4.00. The number of fused-ring (bicyclic) bond motifs is 1. The molecule has 0 spiro atoms. The summed E-state index contributed by atoms with van der Waals surface area (Å²) in [6, 6.07) is 5.99. The summed E-state index contributed by atoms with van der Waals surface area (Å²) >= 11 is 2.05. The molecule has 0 radical (unpaired) electrons. The summed E-state index contributed by atoms with van der Waals surface area (Å²) in [4.78, 5) is 4.72. The third-order valence-corrected chi connectivity index (χ3v) is 4.37. The summed E-state index contributed by atoms with van der Waals surface area (Å²) < 4.78 is 7.39. The first-order valence-corrected chi connectivity index (χ1v) is 7.13. The van der Waals surface area contributed by atoms with Crippen LogP contribution in [0.5, 0.6) is 5.88 Å². The molecule has 3 nitrogen and oxygen atoms in total. The van der Waals surface area contributed by atoms with Crippen molar-refractivity contribution in [3.63, 3.8) is 0 Å². The molecule has 3 heterocycles. The largest absolute Gasteiger partial charge is 0.482 e. The van der Waals surface area contributed by atoms with E-state index in [0.717, 1.165) is 11.5 Å². The van der Waals surface area contributed by atoms with Gasteiger partial charge in [-0.3, -0.25) is 4.40 Å². The Kier molecular flexibility index (Phi) is 2.97. The standard InChI is InChI=1S/C13H16N2OS/c1-16-13-4-2-3-12-14-11(9-15(12)13)10-5-7-17-8-6-10/h2-4,9-10H,5-8H2,1H3. The molecule has 0 aliphatic carbocycles. The molecular formula is C13H16N2OS. The number of thioether (sulfide) groups is 1. The minimum atomic E-state index is 0.626. The van der Waals surface area contributed by atoms with Gasteiger partial charge in [0.2, 0.25) is 0 Å². The van der Waals surface area contributed by atoms with Crippen molar-refractivity contribution >= 4 is 17.4 Å². The van der Waals surface area contributed by atoms with Crippen LogP contribution in [0.25, 0.3) is 5.65 Å². The number of pyridine rings is 1. The van der Waals surface area contributed by atoms with Crippen LogP contribution in [0.15, 0.2) is 24.4 Å². The normalized spacial score (nSPS) is 17.5. The van der Waals surface area contributed by atoms with E-state index < -0.39 is 0 Å². The Bertz CT molecular complexity index is 517. The quantitative estimate of drug-likeness (QED) is 0.817. The number of hydrogen-bond donors (Lipinski definition) is 0. The summed E-state index contributed by atoms with van der Waals surface area (Å²) in [5.41, 5.74) is 2.20. The first-order chi connectivity index (χ1) is 8.38. The van der Waals surface area contributed by atoms with Gasteiger partial charge in [-0.1, -0.05) is 6.07 Å². The Hall–Kier alpha value is -1.16. The molecule has 90 valence electrons. The van der Waals surface area contributed by atoms with Gasteiger partial charge in [-0.15, -0.1) is 0 Å².